The third kappa shape index (κ3) is 2.67. The van der Waals surface area contributed by atoms with Crippen molar-refractivity contribution in [3.8, 4) is 11.5 Å². The van der Waals surface area contributed by atoms with Gasteiger partial charge in [-0.2, -0.15) is 0 Å². The molecule has 0 saturated carbocycles. The maximum Gasteiger partial charge on any atom is 0.274 e. The Morgan fingerprint density at radius 3 is 2.68 bits per heavy atom. The number of nitrogens with one attached hydrogen (secondary N) is 1. The molecule has 2 rings (SSSR count). The predicted molar refractivity (Wildman–Crippen MR) is 70.7 cm³/mol. The Morgan fingerprint density at radius 1 is 1.32 bits per heavy atom. The van der Waals surface area contributed by atoms with Crippen LogP contribution >= 0.6 is 0 Å². The summed E-state index contributed by atoms with van der Waals surface area (Å²) >= 11 is 0. The molecule has 0 unspecified atom stereocenters. The van der Waals surface area contributed by atoms with E-state index >= 15 is 0 Å². The van der Waals surface area contributed by atoms with E-state index in [2.05, 4.69) is 10.3 Å². The van der Waals surface area contributed by atoms with Gasteiger partial charge in [-0.3, -0.25) is 4.79 Å². The Bertz CT molecular complexity index is 593. The van der Waals surface area contributed by atoms with Crippen molar-refractivity contribution >= 4 is 11.6 Å². The predicted octanol–water partition coefficient (Wildman–Crippen LogP) is 1.69. The van der Waals surface area contributed by atoms with Gasteiger partial charge >= 0.3 is 0 Å². The lowest BCUT2D eigenvalue weighted by molar-refractivity contribution is 0.101. The number of amides is 1. The molecule has 1 aromatic carbocycles. The van der Waals surface area contributed by atoms with Crippen LogP contribution in [0.4, 0.5) is 5.69 Å². The van der Waals surface area contributed by atoms with Crippen molar-refractivity contribution < 1.29 is 14.3 Å². The molecular weight excluding hydrogens is 246 g/mol. The van der Waals surface area contributed by atoms with Gasteiger partial charge in [0.05, 0.1) is 32.4 Å². The number of benzene rings is 1. The van der Waals surface area contributed by atoms with E-state index in [9.17, 15) is 4.79 Å². The Hall–Kier alpha value is -2.50. The molecule has 1 amide bonds. The van der Waals surface area contributed by atoms with Crippen LogP contribution in [0.15, 0.2) is 30.7 Å². The van der Waals surface area contributed by atoms with E-state index in [0.29, 0.717) is 22.9 Å². The van der Waals surface area contributed by atoms with E-state index < -0.39 is 0 Å². The fourth-order valence-electron chi connectivity index (χ4n) is 1.66. The van der Waals surface area contributed by atoms with E-state index in [1.54, 1.807) is 43.3 Å². The number of imidazole rings is 1. The lowest BCUT2D eigenvalue weighted by atomic mass is 10.2. The lowest BCUT2D eigenvalue weighted by Crippen LogP contribution is -2.15. The maximum absolute atomic E-state index is 12.1. The van der Waals surface area contributed by atoms with E-state index in [4.69, 9.17) is 9.47 Å². The van der Waals surface area contributed by atoms with Gasteiger partial charge in [0.15, 0.2) is 0 Å². The first-order valence-electron chi connectivity index (χ1n) is 5.65. The van der Waals surface area contributed by atoms with Crippen LogP contribution in [0, 0.1) is 0 Å². The average Bonchev–Trinajstić information content (AvgIpc) is 2.85. The van der Waals surface area contributed by atoms with Crippen molar-refractivity contribution in [2.24, 2.45) is 7.05 Å². The number of carbonyl (C=O) groups is 1. The minimum absolute atomic E-state index is 0.247. The first-order chi connectivity index (χ1) is 9.15. The quantitative estimate of drug-likeness (QED) is 0.909. The highest BCUT2D eigenvalue weighted by molar-refractivity contribution is 6.03. The average molecular weight is 261 g/mol. The van der Waals surface area contributed by atoms with Crippen molar-refractivity contribution in [3.05, 3.63) is 36.4 Å². The molecule has 0 aliphatic heterocycles. The second-order valence-electron chi connectivity index (χ2n) is 3.91. The third-order valence-corrected chi connectivity index (χ3v) is 2.71. The number of anilines is 1. The molecule has 19 heavy (non-hydrogen) atoms. The highest BCUT2D eigenvalue weighted by Crippen LogP contribution is 2.29. The van der Waals surface area contributed by atoms with Gasteiger partial charge in [0.25, 0.3) is 5.91 Å². The highest BCUT2D eigenvalue weighted by Gasteiger charge is 2.13. The van der Waals surface area contributed by atoms with E-state index in [0.717, 1.165) is 0 Å². The molecule has 0 spiro atoms. The fourth-order valence-corrected chi connectivity index (χ4v) is 1.66. The van der Waals surface area contributed by atoms with Gasteiger partial charge in [-0.25, -0.2) is 4.98 Å². The monoisotopic (exact) mass is 261 g/mol. The molecule has 0 aliphatic rings. The Balaban J connectivity index is 2.24. The van der Waals surface area contributed by atoms with Crippen molar-refractivity contribution in [2.45, 2.75) is 0 Å². The van der Waals surface area contributed by atoms with Gasteiger partial charge in [0.2, 0.25) is 0 Å². The Morgan fingerprint density at radius 2 is 2.11 bits per heavy atom. The van der Waals surface area contributed by atoms with E-state index in [1.165, 1.54) is 13.3 Å². The van der Waals surface area contributed by atoms with Crippen LogP contribution in [0.5, 0.6) is 11.5 Å². The molecule has 0 fully saturated rings. The Labute approximate surface area is 111 Å². The van der Waals surface area contributed by atoms with Gasteiger partial charge in [0, 0.05) is 13.1 Å². The first kappa shape index (κ1) is 12.9. The SMILES string of the molecule is COc1ccc(NC(=O)c2cncn2C)c(OC)c1. The summed E-state index contributed by atoms with van der Waals surface area (Å²) in [6.45, 7) is 0. The van der Waals surface area contributed by atoms with E-state index in [-0.39, 0.29) is 5.91 Å². The molecule has 0 saturated heterocycles. The summed E-state index contributed by atoms with van der Waals surface area (Å²) < 4.78 is 12.0. The number of hydrogen-bond acceptors (Lipinski definition) is 4. The van der Waals surface area contributed by atoms with Gasteiger partial charge in [-0.1, -0.05) is 0 Å². The summed E-state index contributed by atoms with van der Waals surface area (Å²) in [5, 5.41) is 2.78. The zero-order valence-corrected chi connectivity index (χ0v) is 11.0. The maximum atomic E-state index is 12.1. The van der Waals surface area contributed by atoms with Gasteiger partial charge in [-0.05, 0) is 12.1 Å². The zero-order valence-electron chi connectivity index (χ0n) is 11.0. The van der Waals surface area contributed by atoms with Crippen LogP contribution in [-0.4, -0.2) is 29.7 Å². The zero-order chi connectivity index (χ0) is 13.8. The number of aromatic nitrogens is 2. The number of rotatable bonds is 4. The van der Waals surface area contributed by atoms with Crippen LogP contribution in [0.3, 0.4) is 0 Å². The van der Waals surface area contributed by atoms with Crippen LogP contribution < -0.4 is 14.8 Å². The molecule has 1 aromatic heterocycles. The summed E-state index contributed by atoms with van der Waals surface area (Å²) in [6, 6.07) is 5.19. The fraction of sp³-hybridized carbons (Fsp3) is 0.231. The van der Waals surface area contributed by atoms with Gasteiger partial charge in [0.1, 0.15) is 17.2 Å². The number of ether oxygens (including phenoxy) is 2. The highest BCUT2D eigenvalue weighted by atomic mass is 16.5. The molecule has 0 bridgehead atoms. The molecule has 6 nitrogen and oxygen atoms in total. The molecule has 1 N–H and O–H groups in total. The Kier molecular flexibility index (Phi) is 3.70. The van der Waals surface area contributed by atoms with Gasteiger partial charge in [-0.15, -0.1) is 0 Å². The molecule has 0 radical (unpaired) electrons. The van der Waals surface area contributed by atoms with Gasteiger partial charge < -0.3 is 19.4 Å². The third-order valence-electron chi connectivity index (χ3n) is 2.71. The number of carbonyl (C=O) groups excluding carboxylic acids is 1. The van der Waals surface area contributed by atoms with Crippen LogP contribution in [0.1, 0.15) is 10.5 Å². The van der Waals surface area contributed by atoms with Crippen molar-refractivity contribution in [3.63, 3.8) is 0 Å². The smallest absolute Gasteiger partial charge is 0.274 e. The summed E-state index contributed by atoms with van der Waals surface area (Å²) in [5.74, 6) is 0.953. The number of hydrogen-bond donors (Lipinski definition) is 1. The molecular formula is C13H15N3O3. The topological polar surface area (TPSA) is 65.4 Å². The lowest BCUT2D eigenvalue weighted by Gasteiger charge is -2.11. The summed E-state index contributed by atoms with van der Waals surface area (Å²) in [4.78, 5) is 16.0. The summed E-state index contributed by atoms with van der Waals surface area (Å²) in [5.41, 5.74) is 1.05. The van der Waals surface area contributed by atoms with E-state index in [1.807, 2.05) is 0 Å². The second kappa shape index (κ2) is 5.43. The van der Waals surface area contributed by atoms with Crippen molar-refractivity contribution in [1.29, 1.82) is 0 Å². The minimum atomic E-state index is -0.247. The number of nitrogens with zero attached hydrogens (tertiary/aromatic N) is 2. The van der Waals surface area contributed by atoms with Crippen LogP contribution in [-0.2, 0) is 7.05 Å². The minimum Gasteiger partial charge on any atom is -0.497 e. The molecule has 6 heteroatoms. The largest absolute Gasteiger partial charge is 0.497 e. The molecule has 100 valence electrons. The van der Waals surface area contributed by atoms with Crippen molar-refractivity contribution in [2.75, 3.05) is 19.5 Å². The van der Waals surface area contributed by atoms with Crippen LogP contribution in [0.2, 0.25) is 0 Å². The van der Waals surface area contributed by atoms with Crippen LogP contribution in [0.25, 0.3) is 0 Å². The normalized spacial score (nSPS) is 10.1. The molecule has 0 aliphatic carbocycles. The number of aryl methyl sites for hydroxylation is 1. The molecule has 0 atom stereocenters. The molecule has 2 aromatic rings. The molecule has 1 heterocycles. The summed E-state index contributed by atoms with van der Waals surface area (Å²) in [7, 11) is 4.87. The second-order valence-corrected chi connectivity index (χ2v) is 3.91. The standard InChI is InChI=1S/C13H15N3O3/c1-16-8-14-7-11(16)13(17)15-10-5-4-9(18-2)6-12(10)19-3/h4-8H,1-3H3,(H,15,17). The number of methoxy groups -OCH3 is 2. The summed E-state index contributed by atoms with van der Waals surface area (Å²) in [6.07, 6.45) is 3.07. The van der Waals surface area contributed by atoms with Crippen molar-refractivity contribution in [1.82, 2.24) is 9.55 Å². The first-order valence-corrected chi connectivity index (χ1v) is 5.65.